The minimum atomic E-state index is -0.365. The van der Waals surface area contributed by atoms with Crippen molar-refractivity contribution in [1.82, 2.24) is 10.2 Å². The second-order valence-corrected chi connectivity index (χ2v) is 3.26. The van der Waals surface area contributed by atoms with E-state index in [9.17, 15) is 4.79 Å². The smallest absolute Gasteiger partial charge is 0.308 e. The van der Waals surface area contributed by atoms with Crippen molar-refractivity contribution in [3.8, 4) is 6.07 Å². The largest absolute Gasteiger partial charge is 0.323 e. The van der Waals surface area contributed by atoms with Crippen LogP contribution in [0.25, 0.3) is 0 Å². The predicted molar refractivity (Wildman–Crippen MR) is 62.4 cm³/mol. The van der Waals surface area contributed by atoms with Gasteiger partial charge in [0.1, 0.15) is 0 Å². The number of aromatic amines is 1. The summed E-state index contributed by atoms with van der Waals surface area (Å²) >= 11 is 0. The van der Waals surface area contributed by atoms with Gasteiger partial charge < -0.3 is 10.6 Å². The van der Waals surface area contributed by atoms with E-state index in [1.54, 1.807) is 30.5 Å². The number of carbonyl (C=O) groups is 1. The van der Waals surface area contributed by atoms with Crippen LogP contribution in [0.2, 0.25) is 0 Å². The number of nitrogens with one attached hydrogen (secondary N) is 3. The highest BCUT2D eigenvalue weighted by Gasteiger charge is 2.02. The molecule has 6 heteroatoms. The monoisotopic (exact) mass is 227 g/mol. The third-order valence-corrected chi connectivity index (χ3v) is 2.03. The van der Waals surface area contributed by atoms with Gasteiger partial charge in [0.2, 0.25) is 0 Å². The molecule has 17 heavy (non-hydrogen) atoms. The van der Waals surface area contributed by atoms with Crippen LogP contribution in [0.5, 0.6) is 0 Å². The van der Waals surface area contributed by atoms with Gasteiger partial charge in [0, 0.05) is 11.9 Å². The van der Waals surface area contributed by atoms with E-state index in [0.29, 0.717) is 16.9 Å². The van der Waals surface area contributed by atoms with E-state index in [4.69, 9.17) is 5.26 Å². The fourth-order valence-corrected chi connectivity index (χ4v) is 1.24. The van der Waals surface area contributed by atoms with E-state index < -0.39 is 0 Å². The fourth-order valence-electron chi connectivity index (χ4n) is 1.24. The second kappa shape index (κ2) is 4.81. The Morgan fingerprint density at radius 2 is 1.94 bits per heavy atom. The summed E-state index contributed by atoms with van der Waals surface area (Å²) in [5, 5.41) is 20.1. The number of anilines is 2. The van der Waals surface area contributed by atoms with Gasteiger partial charge in [-0.25, -0.2) is 4.79 Å². The number of amides is 2. The van der Waals surface area contributed by atoms with Crippen LogP contribution in [-0.2, 0) is 0 Å². The van der Waals surface area contributed by atoms with Gasteiger partial charge in [-0.1, -0.05) is 0 Å². The number of H-pyrrole nitrogens is 1. The summed E-state index contributed by atoms with van der Waals surface area (Å²) in [6, 6.07) is 8.22. The van der Waals surface area contributed by atoms with E-state index in [1.165, 1.54) is 6.20 Å². The quantitative estimate of drug-likeness (QED) is 0.731. The molecule has 0 aliphatic heterocycles. The second-order valence-electron chi connectivity index (χ2n) is 3.26. The zero-order chi connectivity index (χ0) is 12.1. The van der Waals surface area contributed by atoms with Crippen molar-refractivity contribution in [2.24, 2.45) is 0 Å². The molecule has 1 aromatic carbocycles. The Morgan fingerprint density at radius 1 is 1.24 bits per heavy atom. The minimum Gasteiger partial charge on any atom is -0.308 e. The highest BCUT2D eigenvalue weighted by molar-refractivity contribution is 5.99. The molecule has 0 bridgehead atoms. The molecule has 0 saturated heterocycles. The number of hydrogen-bond donors (Lipinski definition) is 3. The van der Waals surface area contributed by atoms with Gasteiger partial charge in [-0.3, -0.25) is 5.10 Å². The summed E-state index contributed by atoms with van der Waals surface area (Å²) < 4.78 is 0. The average molecular weight is 227 g/mol. The molecule has 1 heterocycles. The number of nitriles is 1. The Bertz CT molecular complexity index is 538. The summed E-state index contributed by atoms with van der Waals surface area (Å²) in [6.45, 7) is 0. The van der Waals surface area contributed by atoms with Crippen LogP contribution in [0.15, 0.2) is 36.7 Å². The number of hydrogen-bond acceptors (Lipinski definition) is 3. The molecule has 84 valence electrons. The zero-order valence-electron chi connectivity index (χ0n) is 8.77. The first kappa shape index (κ1) is 10.7. The first-order chi connectivity index (χ1) is 8.28. The molecule has 0 aliphatic rings. The number of rotatable bonds is 2. The molecule has 0 saturated carbocycles. The van der Waals surface area contributed by atoms with Gasteiger partial charge in [-0.15, -0.1) is 0 Å². The molecule has 6 nitrogen and oxygen atoms in total. The number of carbonyl (C=O) groups excluding carboxylic acids is 1. The molecule has 2 aromatic rings. The van der Waals surface area contributed by atoms with Crippen LogP contribution in [0.3, 0.4) is 0 Å². The highest BCUT2D eigenvalue weighted by atomic mass is 16.2. The Labute approximate surface area is 97.3 Å². The third kappa shape index (κ3) is 2.82. The first-order valence-corrected chi connectivity index (χ1v) is 4.85. The maximum atomic E-state index is 11.5. The van der Waals surface area contributed by atoms with Gasteiger partial charge in [0.05, 0.1) is 23.5 Å². The van der Waals surface area contributed by atoms with Crippen LogP contribution < -0.4 is 10.6 Å². The Morgan fingerprint density at radius 3 is 2.53 bits per heavy atom. The van der Waals surface area contributed by atoms with Gasteiger partial charge in [-0.05, 0) is 24.3 Å². The fraction of sp³-hybridized carbons (Fsp3) is 0. The van der Waals surface area contributed by atoms with Crippen molar-refractivity contribution in [3.05, 3.63) is 42.2 Å². The van der Waals surface area contributed by atoms with E-state index >= 15 is 0 Å². The summed E-state index contributed by atoms with van der Waals surface area (Å²) in [6.07, 6.45) is 3.07. The number of aromatic nitrogens is 2. The number of benzene rings is 1. The van der Waals surface area contributed by atoms with Gasteiger partial charge in [0.25, 0.3) is 0 Å². The summed E-state index contributed by atoms with van der Waals surface area (Å²) in [4.78, 5) is 11.5. The molecule has 0 unspecified atom stereocenters. The maximum absolute atomic E-state index is 11.5. The minimum absolute atomic E-state index is 0.365. The van der Waals surface area contributed by atoms with E-state index in [-0.39, 0.29) is 6.03 Å². The Kier molecular flexibility index (Phi) is 3.03. The first-order valence-electron chi connectivity index (χ1n) is 4.85. The maximum Gasteiger partial charge on any atom is 0.323 e. The van der Waals surface area contributed by atoms with Crippen LogP contribution in [0.1, 0.15) is 5.56 Å². The molecule has 2 rings (SSSR count). The van der Waals surface area contributed by atoms with Crippen LogP contribution in [-0.4, -0.2) is 16.2 Å². The highest BCUT2D eigenvalue weighted by Crippen LogP contribution is 2.09. The van der Waals surface area contributed by atoms with E-state index in [1.807, 2.05) is 6.07 Å². The van der Waals surface area contributed by atoms with Crippen molar-refractivity contribution in [1.29, 1.82) is 5.26 Å². The normalized spacial score (nSPS) is 9.35. The lowest BCUT2D eigenvalue weighted by Crippen LogP contribution is -2.18. The van der Waals surface area contributed by atoms with Crippen molar-refractivity contribution in [2.45, 2.75) is 0 Å². The summed E-state index contributed by atoms with van der Waals surface area (Å²) in [7, 11) is 0. The predicted octanol–water partition coefficient (Wildman–Crippen LogP) is 1.93. The Balaban J connectivity index is 1.96. The number of urea groups is 1. The molecule has 0 atom stereocenters. The van der Waals surface area contributed by atoms with Crippen molar-refractivity contribution in [2.75, 3.05) is 10.6 Å². The van der Waals surface area contributed by atoms with E-state index in [2.05, 4.69) is 20.8 Å². The summed E-state index contributed by atoms with van der Waals surface area (Å²) in [5.74, 6) is 0. The summed E-state index contributed by atoms with van der Waals surface area (Å²) in [5.41, 5.74) is 1.74. The standard InChI is InChI=1S/C11H9N5O/c12-5-8-1-3-9(4-2-8)15-11(17)16-10-6-13-14-7-10/h1-4,6-7H,(H,13,14)(H2,15,16,17). The zero-order valence-corrected chi connectivity index (χ0v) is 8.77. The third-order valence-electron chi connectivity index (χ3n) is 2.03. The number of nitrogens with zero attached hydrogens (tertiary/aromatic N) is 2. The molecule has 0 spiro atoms. The molecule has 3 N–H and O–H groups in total. The Hall–Kier alpha value is -2.81. The molecule has 0 aliphatic carbocycles. The van der Waals surface area contributed by atoms with Gasteiger partial charge >= 0.3 is 6.03 Å². The lowest BCUT2D eigenvalue weighted by Gasteiger charge is -2.05. The van der Waals surface area contributed by atoms with Crippen LogP contribution >= 0.6 is 0 Å². The van der Waals surface area contributed by atoms with Crippen molar-refractivity contribution >= 4 is 17.4 Å². The SMILES string of the molecule is N#Cc1ccc(NC(=O)Nc2cn[nH]c2)cc1. The van der Waals surface area contributed by atoms with Crippen molar-refractivity contribution < 1.29 is 4.79 Å². The van der Waals surface area contributed by atoms with Crippen LogP contribution in [0.4, 0.5) is 16.2 Å². The average Bonchev–Trinajstić information content (AvgIpc) is 2.82. The topological polar surface area (TPSA) is 93.6 Å². The van der Waals surface area contributed by atoms with Crippen LogP contribution in [0, 0.1) is 11.3 Å². The molecule has 1 aromatic heterocycles. The molecule has 0 radical (unpaired) electrons. The molecular formula is C11H9N5O. The lowest BCUT2D eigenvalue weighted by molar-refractivity contribution is 0.262. The molecule has 0 fully saturated rings. The molecule has 2 amide bonds. The van der Waals surface area contributed by atoms with E-state index in [0.717, 1.165) is 0 Å². The van der Waals surface area contributed by atoms with Gasteiger partial charge in [-0.2, -0.15) is 10.4 Å². The van der Waals surface area contributed by atoms with Crippen molar-refractivity contribution in [3.63, 3.8) is 0 Å². The van der Waals surface area contributed by atoms with Gasteiger partial charge in [0.15, 0.2) is 0 Å². The molecular weight excluding hydrogens is 218 g/mol. The lowest BCUT2D eigenvalue weighted by atomic mass is 10.2.